The molecule has 0 fully saturated rings. The summed E-state index contributed by atoms with van der Waals surface area (Å²) in [6.07, 6.45) is 0. The lowest BCUT2D eigenvalue weighted by Gasteiger charge is -2.05. The number of ether oxygens (including phenoxy) is 1. The number of aliphatic carboxylic acids is 1. The number of carbonyl (C=O) groups is 2. The number of nitrogens with two attached hydrogens (primary N) is 1. The summed E-state index contributed by atoms with van der Waals surface area (Å²) < 4.78 is 14.7. The Hall–Kier alpha value is -2.52. The molecule has 3 N–H and O–H groups in total. The van der Waals surface area contributed by atoms with Gasteiger partial charge in [-0.05, 0) is 11.8 Å². The van der Waals surface area contributed by atoms with E-state index in [0.717, 1.165) is 0 Å². The van der Waals surface area contributed by atoms with Crippen molar-refractivity contribution >= 4 is 23.0 Å². The van der Waals surface area contributed by atoms with E-state index < -0.39 is 23.1 Å². The standard InChI is InChI=1S/C14H13NO7S/c15-9(12(16)17)7-23-14(19)20-6-10-11(22-13(18)21-10)8-4-2-1-3-5-8/h1-5,9H,6-7,15H2,(H,16,17)/t9-/m0/s1. The molecule has 9 heteroatoms. The molecular weight excluding hydrogens is 326 g/mol. The van der Waals surface area contributed by atoms with Gasteiger partial charge in [-0.2, -0.15) is 0 Å². The monoisotopic (exact) mass is 339 g/mol. The molecular formula is C14H13NO7S. The summed E-state index contributed by atoms with van der Waals surface area (Å²) in [4.78, 5) is 33.3. The van der Waals surface area contributed by atoms with Crippen molar-refractivity contribution in [2.45, 2.75) is 12.6 Å². The maximum atomic E-state index is 11.5. The molecule has 0 aliphatic rings. The largest absolute Gasteiger partial charge is 0.519 e. The number of rotatable bonds is 6. The van der Waals surface area contributed by atoms with Crippen LogP contribution >= 0.6 is 11.8 Å². The van der Waals surface area contributed by atoms with Gasteiger partial charge in [0.2, 0.25) is 0 Å². The first-order chi connectivity index (χ1) is 11.0. The Morgan fingerprint density at radius 2 is 1.96 bits per heavy atom. The molecule has 0 aliphatic carbocycles. The van der Waals surface area contributed by atoms with Crippen molar-refractivity contribution in [3.05, 3.63) is 46.7 Å². The second kappa shape index (κ2) is 7.65. The van der Waals surface area contributed by atoms with E-state index in [4.69, 9.17) is 24.4 Å². The number of carbonyl (C=O) groups excluding carboxylic acids is 1. The Labute approximate surface area is 134 Å². The van der Waals surface area contributed by atoms with E-state index in [9.17, 15) is 14.4 Å². The molecule has 0 saturated carbocycles. The molecule has 1 aromatic heterocycles. The van der Waals surface area contributed by atoms with E-state index in [1.165, 1.54) is 0 Å². The molecule has 0 amide bonds. The number of carboxylic acid groups (broad SMARTS) is 1. The number of thioether (sulfide) groups is 1. The van der Waals surface area contributed by atoms with Crippen LogP contribution in [0.25, 0.3) is 11.3 Å². The van der Waals surface area contributed by atoms with Gasteiger partial charge < -0.3 is 24.4 Å². The van der Waals surface area contributed by atoms with Crippen LogP contribution in [-0.4, -0.2) is 28.2 Å². The summed E-state index contributed by atoms with van der Waals surface area (Å²) in [5, 5.41) is 7.88. The normalized spacial score (nSPS) is 11.9. The Kier molecular flexibility index (Phi) is 5.61. The fourth-order valence-corrected chi connectivity index (χ4v) is 2.21. The molecule has 23 heavy (non-hydrogen) atoms. The van der Waals surface area contributed by atoms with Gasteiger partial charge in [-0.15, -0.1) is 0 Å². The molecule has 1 heterocycles. The third kappa shape index (κ3) is 4.73. The molecule has 122 valence electrons. The van der Waals surface area contributed by atoms with E-state index in [2.05, 4.69) is 0 Å². The Morgan fingerprint density at radius 3 is 2.61 bits per heavy atom. The highest BCUT2D eigenvalue weighted by atomic mass is 32.2. The molecule has 2 aromatic rings. The van der Waals surface area contributed by atoms with Crippen LogP contribution in [0, 0.1) is 0 Å². The molecule has 0 spiro atoms. The summed E-state index contributed by atoms with van der Waals surface area (Å²) in [5.41, 5.74) is 5.87. The number of hydrogen-bond acceptors (Lipinski definition) is 8. The lowest BCUT2D eigenvalue weighted by molar-refractivity contribution is -0.137. The fraction of sp³-hybridized carbons (Fsp3) is 0.214. The number of benzene rings is 1. The quantitative estimate of drug-likeness (QED) is 0.754. The lowest BCUT2D eigenvalue weighted by atomic mass is 10.1. The first kappa shape index (κ1) is 16.8. The van der Waals surface area contributed by atoms with E-state index in [1.54, 1.807) is 30.3 Å². The maximum absolute atomic E-state index is 11.5. The molecule has 0 radical (unpaired) electrons. The van der Waals surface area contributed by atoms with Gasteiger partial charge in [-0.25, -0.2) is 9.59 Å². The van der Waals surface area contributed by atoms with Crippen molar-refractivity contribution in [1.29, 1.82) is 0 Å². The minimum atomic E-state index is -1.21. The number of carboxylic acids is 1. The first-order valence-corrected chi connectivity index (χ1v) is 7.42. The smallest absolute Gasteiger partial charge is 0.480 e. The topological polar surface area (TPSA) is 133 Å². The predicted molar refractivity (Wildman–Crippen MR) is 80.9 cm³/mol. The van der Waals surface area contributed by atoms with Gasteiger partial charge in [0, 0.05) is 11.3 Å². The van der Waals surface area contributed by atoms with Crippen LogP contribution in [0.5, 0.6) is 0 Å². The molecule has 1 aromatic carbocycles. The van der Waals surface area contributed by atoms with E-state index in [-0.39, 0.29) is 23.9 Å². The molecule has 0 unspecified atom stereocenters. The molecule has 2 rings (SSSR count). The van der Waals surface area contributed by atoms with E-state index >= 15 is 0 Å². The average molecular weight is 339 g/mol. The van der Waals surface area contributed by atoms with Gasteiger partial charge >= 0.3 is 17.1 Å². The van der Waals surface area contributed by atoms with Crippen molar-refractivity contribution in [2.24, 2.45) is 5.73 Å². The summed E-state index contributed by atoms with van der Waals surface area (Å²) in [5.74, 6) is -2.00. The Morgan fingerprint density at radius 1 is 1.26 bits per heavy atom. The molecule has 0 aliphatic heterocycles. The zero-order valence-electron chi connectivity index (χ0n) is 11.8. The van der Waals surface area contributed by atoms with Crippen LogP contribution in [0.2, 0.25) is 0 Å². The highest BCUT2D eigenvalue weighted by Crippen LogP contribution is 2.23. The van der Waals surface area contributed by atoms with Gasteiger partial charge in [0.25, 0.3) is 0 Å². The minimum absolute atomic E-state index is 0.0673. The summed E-state index contributed by atoms with van der Waals surface area (Å²) in [6, 6.07) is 7.55. The van der Waals surface area contributed by atoms with Crippen molar-refractivity contribution < 1.29 is 28.3 Å². The van der Waals surface area contributed by atoms with Gasteiger partial charge in [-0.1, -0.05) is 30.3 Å². The highest BCUT2D eigenvalue weighted by Gasteiger charge is 2.18. The fourth-order valence-electron chi connectivity index (χ4n) is 1.61. The van der Waals surface area contributed by atoms with Crippen LogP contribution < -0.4 is 11.6 Å². The summed E-state index contributed by atoms with van der Waals surface area (Å²) >= 11 is 0.623. The maximum Gasteiger partial charge on any atom is 0.519 e. The van der Waals surface area contributed by atoms with Gasteiger partial charge in [-0.3, -0.25) is 4.79 Å². The average Bonchev–Trinajstić information content (AvgIpc) is 2.92. The molecule has 8 nitrogen and oxygen atoms in total. The van der Waals surface area contributed by atoms with Crippen LogP contribution in [0.1, 0.15) is 5.76 Å². The Balaban J connectivity index is 1.98. The number of hydrogen-bond donors (Lipinski definition) is 2. The van der Waals surface area contributed by atoms with Crippen LogP contribution in [0.3, 0.4) is 0 Å². The summed E-state index contributed by atoms with van der Waals surface area (Å²) in [6.45, 7) is -0.315. The second-order valence-corrected chi connectivity index (χ2v) is 5.32. The van der Waals surface area contributed by atoms with Crippen LogP contribution in [0.4, 0.5) is 4.79 Å². The van der Waals surface area contributed by atoms with E-state index in [1.807, 2.05) is 0 Å². The third-order valence-electron chi connectivity index (χ3n) is 2.70. The summed E-state index contributed by atoms with van der Waals surface area (Å²) in [7, 11) is 0. The third-order valence-corrected chi connectivity index (χ3v) is 3.58. The van der Waals surface area contributed by atoms with Gasteiger partial charge in [0.05, 0.1) is 0 Å². The van der Waals surface area contributed by atoms with Gasteiger partial charge in [0.15, 0.2) is 18.1 Å². The van der Waals surface area contributed by atoms with Crippen molar-refractivity contribution in [1.82, 2.24) is 0 Å². The van der Waals surface area contributed by atoms with Crippen molar-refractivity contribution in [2.75, 3.05) is 5.75 Å². The molecule has 0 bridgehead atoms. The Bertz CT molecular complexity index is 737. The van der Waals surface area contributed by atoms with Crippen molar-refractivity contribution in [3.63, 3.8) is 0 Å². The molecule has 1 atom stereocenters. The first-order valence-electron chi connectivity index (χ1n) is 6.43. The SMILES string of the molecule is N[C@@H](CSC(=O)OCc1oc(=O)oc1-c1ccccc1)C(=O)O. The zero-order valence-corrected chi connectivity index (χ0v) is 12.6. The predicted octanol–water partition coefficient (Wildman–Crippen LogP) is 1.68. The minimum Gasteiger partial charge on any atom is -0.480 e. The zero-order chi connectivity index (χ0) is 16.8. The van der Waals surface area contributed by atoms with Crippen molar-refractivity contribution in [3.8, 4) is 11.3 Å². The van der Waals surface area contributed by atoms with E-state index in [0.29, 0.717) is 17.3 Å². The van der Waals surface area contributed by atoms with Crippen LogP contribution in [0.15, 0.2) is 44.0 Å². The molecule has 0 saturated heterocycles. The lowest BCUT2D eigenvalue weighted by Crippen LogP contribution is -2.32. The van der Waals surface area contributed by atoms with Gasteiger partial charge in [0.1, 0.15) is 6.04 Å². The second-order valence-electron chi connectivity index (χ2n) is 4.37. The highest BCUT2D eigenvalue weighted by molar-refractivity contribution is 8.13. The van der Waals surface area contributed by atoms with Crippen LogP contribution in [-0.2, 0) is 16.1 Å².